The Morgan fingerprint density at radius 1 is 1.35 bits per heavy atom. The summed E-state index contributed by atoms with van der Waals surface area (Å²) in [5.41, 5.74) is 1.17. The molecule has 1 saturated heterocycles. The molecule has 0 saturated carbocycles. The first-order valence-electron chi connectivity index (χ1n) is 8.48. The average molecular weight is 320 g/mol. The van der Waals surface area contributed by atoms with Crippen LogP contribution in [0.2, 0.25) is 0 Å². The van der Waals surface area contributed by atoms with Crippen LogP contribution >= 0.6 is 0 Å². The van der Waals surface area contributed by atoms with Gasteiger partial charge in [0.15, 0.2) is 5.96 Å². The molecule has 1 amide bonds. The van der Waals surface area contributed by atoms with Gasteiger partial charge < -0.3 is 15.5 Å². The third-order valence-electron chi connectivity index (χ3n) is 3.79. The molecule has 2 N–H and O–H groups in total. The largest absolute Gasteiger partial charge is 0.357 e. The summed E-state index contributed by atoms with van der Waals surface area (Å²) in [5, 5.41) is 10.7. The highest BCUT2D eigenvalue weighted by molar-refractivity contribution is 5.85. The summed E-state index contributed by atoms with van der Waals surface area (Å²) in [4.78, 5) is 18.3. The van der Waals surface area contributed by atoms with E-state index in [1.165, 1.54) is 5.56 Å². The zero-order valence-corrected chi connectivity index (χ0v) is 14.2. The summed E-state index contributed by atoms with van der Waals surface area (Å²) in [5.74, 6) is 0.823. The predicted molar refractivity (Wildman–Crippen MR) is 91.4 cm³/mol. The number of hydrogen-bond donors (Lipinski definition) is 2. The van der Waals surface area contributed by atoms with Gasteiger partial charge in [-0.1, -0.05) is 0 Å². The second-order valence-electron chi connectivity index (χ2n) is 5.84. The molecule has 0 aromatic carbocycles. The molecule has 0 bridgehead atoms. The second-order valence-corrected chi connectivity index (χ2v) is 5.84. The minimum absolute atomic E-state index is 0.117. The fourth-order valence-corrected chi connectivity index (χ4v) is 2.59. The van der Waals surface area contributed by atoms with Crippen molar-refractivity contribution >= 4 is 11.9 Å². The van der Waals surface area contributed by atoms with Crippen LogP contribution in [0.25, 0.3) is 0 Å². The molecule has 1 fully saturated rings. The van der Waals surface area contributed by atoms with Crippen LogP contribution in [0.15, 0.2) is 17.4 Å². The summed E-state index contributed by atoms with van der Waals surface area (Å²) in [6, 6.07) is 0. The summed E-state index contributed by atoms with van der Waals surface area (Å²) >= 11 is 0. The molecule has 0 atom stereocenters. The average Bonchev–Trinajstić information content (AvgIpc) is 3.20. The van der Waals surface area contributed by atoms with E-state index in [0.29, 0.717) is 5.96 Å². The Balaban J connectivity index is 1.71. The van der Waals surface area contributed by atoms with Gasteiger partial charge in [-0.2, -0.15) is 5.10 Å². The van der Waals surface area contributed by atoms with Gasteiger partial charge in [-0.15, -0.1) is 0 Å². The van der Waals surface area contributed by atoms with Gasteiger partial charge >= 0.3 is 0 Å². The van der Waals surface area contributed by atoms with Gasteiger partial charge in [-0.3, -0.25) is 9.48 Å². The number of aliphatic imine (C=N–C) groups is 1. The maximum Gasteiger partial charge on any atom is 0.244 e. The van der Waals surface area contributed by atoms with Gasteiger partial charge in [0.25, 0.3) is 0 Å². The Bertz CT molecular complexity index is 518. The maximum atomic E-state index is 12.0. The zero-order chi connectivity index (χ0) is 16.5. The lowest BCUT2D eigenvalue weighted by molar-refractivity contribution is -0.128. The van der Waals surface area contributed by atoms with Crippen LogP contribution in [0.5, 0.6) is 0 Å². The Hall–Kier alpha value is -2.05. The van der Waals surface area contributed by atoms with Crippen LogP contribution in [0, 0.1) is 6.92 Å². The number of nitrogens with one attached hydrogen (secondary N) is 2. The summed E-state index contributed by atoms with van der Waals surface area (Å²) in [6.07, 6.45) is 7.07. The molecule has 2 heterocycles. The molecule has 0 radical (unpaired) electrons. The number of guanidine groups is 1. The number of carbonyl (C=O) groups excluding carboxylic acids is 1. The van der Waals surface area contributed by atoms with Crippen LogP contribution < -0.4 is 10.6 Å². The number of carbonyl (C=O) groups is 1. The van der Waals surface area contributed by atoms with Crippen molar-refractivity contribution in [3.63, 3.8) is 0 Å². The molecule has 0 unspecified atom stereocenters. The molecule has 7 nitrogen and oxygen atoms in total. The molecule has 7 heteroatoms. The standard InChI is InChI=1S/C16H28N6O/c1-3-17-16(19-12-15(23)21-8-4-5-9-21)18-7-6-10-22-13-14(2)11-20-22/h11,13H,3-10,12H2,1-2H3,(H2,17,18,19). The van der Waals surface area contributed by atoms with E-state index in [1.54, 1.807) is 0 Å². The van der Waals surface area contributed by atoms with Crippen molar-refractivity contribution in [2.75, 3.05) is 32.7 Å². The minimum Gasteiger partial charge on any atom is -0.357 e. The first-order chi connectivity index (χ1) is 11.2. The topological polar surface area (TPSA) is 74.6 Å². The number of rotatable bonds is 7. The SMILES string of the molecule is CCNC(=NCC(=O)N1CCCC1)NCCCn1cc(C)cn1. The Labute approximate surface area is 138 Å². The van der Waals surface area contributed by atoms with E-state index >= 15 is 0 Å². The molecule has 0 spiro atoms. The molecule has 23 heavy (non-hydrogen) atoms. The molecule has 1 aromatic heterocycles. The molecule has 1 aliphatic heterocycles. The predicted octanol–water partition coefficient (Wildman–Crippen LogP) is 0.759. The van der Waals surface area contributed by atoms with Crippen molar-refractivity contribution in [3.8, 4) is 0 Å². The van der Waals surface area contributed by atoms with Gasteiger partial charge in [0.1, 0.15) is 6.54 Å². The Kier molecular flexibility index (Phi) is 6.90. The normalized spacial score (nSPS) is 15.0. The van der Waals surface area contributed by atoms with Crippen LogP contribution in [0.3, 0.4) is 0 Å². The van der Waals surface area contributed by atoms with Crippen molar-refractivity contribution < 1.29 is 4.79 Å². The van der Waals surface area contributed by atoms with E-state index in [4.69, 9.17) is 0 Å². The Morgan fingerprint density at radius 2 is 2.13 bits per heavy atom. The molecule has 0 aliphatic carbocycles. The second kappa shape index (κ2) is 9.17. The van der Waals surface area contributed by atoms with E-state index in [9.17, 15) is 4.79 Å². The van der Waals surface area contributed by atoms with E-state index in [1.807, 2.05) is 35.8 Å². The lowest BCUT2D eigenvalue weighted by atomic mass is 10.4. The summed E-state index contributed by atoms with van der Waals surface area (Å²) in [7, 11) is 0. The van der Waals surface area contributed by atoms with Crippen LogP contribution in [0.4, 0.5) is 0 Å². The number of aromatic nitrogens is 2. The molecule has 2 rings (SSSR count). The minimum atomic E-state index is 0.117. The van der Waals surface area contributed by atoms with Crippen molar-refractivity contribution in [2.45, 2.75) is 39.7 Å². The number of nitrogens with zero attached hydrogens (tertiary/aromatic N) is 4. The smallest absolute Gasteiger partial charge is 0.244 e. The number of hydrogen-bond acceptors (Lipinski definition) is 3. The quantitative estimate of drug-likeness (QED) is 0.442. The van der Waals surface area contributed by atoms with Gasteiger partial charge in [-0.25, -0.2) is 4.99 Å². The summed E-state index contributed by atoms with van der Waals surface area (Å²) in [6.45, 7) is 8.47. The zero-order valence-electron chi connectivity index (χ0n) is 14.2. The highest BCUT2D eigenvalue weighted by Crippen LogP contribution is 2.07. The van der Waals surface area contributed by atoms with E-state index in [-0.39, 0.29) is 12.5 Å². The van der Waals surface area contributed by atoms with E-state index in [2.05, 4.69) is 20.7 Å². The van der Waals surface area contributed by atoms with Gasteiger partial charge in [0.2, 0.25) is 5.91 Å². The molecule has 128 valence electrons. The van der Waals surface area contributed by atoms with E-state index in [0.717, 1.165) is 52.0 Å². The molecule has 1 aliphatic rings. The number of aryl methyl sites for hydroxylation is 2. The van der Waals surface area contributed by atoms with Crippen molar-refractivity contribution in [2.24, 2.45) is 4.99 Å². The Morgan fingerprint density at radius 3 is 2.78 bits per heavy atom. The van der Waals surface area contributed by atoms with Crippen molar-refractivity contribution in [3.05, 3.63) is 18.0 Å². The van der Waals surface area contributed by atoms with Crippen LogP contribution in [-0.2, 0) is 11.3 Å². The van der Waals surface area contributed by atoms with Crippen molar-refractivity contribution in [1.82, 2.24) is 25.3 Å². The van der Waals surface area contributed by atoms with E-state index < -0.39 is 0 Å². The number of likely N-dealkylation sites (tertiary alicyclic amines) is 1. The first kappa shape index (κ1) is 17.3. The fourth-order valence-electron chi connectivity index (χ4n) is 2.59. The highest BCUT2D eigenvalue weighted by atomic mass is 16.2. The third kappa shape index (κ3) is 5.92. The lowest BCUT2D eigenvalue weighted by Gasteiger charge is -2.15. The number of amides is 1. The first-order valence-corrected chi connectivity index (χ1v) is 8.48. The molecular weight excluding hydrogens is 292 g/mol. The molecular formula is C16H28N6O. The van der Waals surface area contributed by atoms with Gasteiger partial charge in [0, 0.05) is 38.9 Å². The third-order valence-corrected chi connectivity index (χ3v) is 3.79. The van der Waals surface area contributed by atoms with Crippen molar-refractivity contribution in [1.29, 1.82) is 0 Å². The highest BCUT2D eigenvalue weighted by Gasteiger charge is 2.17. The monoisotopic (exact) mass is 320 g/mol. The lowest BCUT2D eigenvalue weighted by Crippen LogP contribution is -2.39. The van der Waals surface area contributed by atoms with Crippen LogP contribution in [0.1, 0.15) is 31.7 Å². The van der Waals surface area contributed by atoms with Gasteiger partial charge in [-0.05, 0) is 38.7 Å². The maximum absolute atomic E-state index is 12.0. The fraction of sp³-hybridized carbons (Fsp3) is 0.688. The van der Waals surface area contributed by atoms with Crippen LogP contribution in [-0.4, -0.2) is 59.3 Å². The van der Waals surface area contributed by atoms with Gasteiger partial charge in [0.05, 0.1) is 6.20 Å². The summed E-state index contributed by atoms with van der Waals surface area (Å²) < 4.78 is 1.94. The molecule has 1 aromatic rings.